The Labute approximate surface area is 255 Å². The van der Waals surface area contributed by atoms with E-state index in [-0.39, 0.29) is 23.6 Å². The van der Waals surface area contributed by atoms with Gasteiger partial charge in [0.25, 0.3) is 23.6 Å². The Kier molecular flexibility index (Phi) is 8.36. The third-order valence-corrected chi connectivity index (χ3v) is 7.87. The molecule has 6 rings (SSSR count). The van der Waals surface area contributed by atoms with Crippen LogP contribution in [-0.2, 0) is 6.54 Å². The molecule has 9 heteroatoms. The van der Waals surface area contributed by atoms with Gasteiger partial charge in [-0.1, -0.05) is 42.5 Å². The quantitative estimate of drug-likeness (QED) is 0.0797. The van der Waals surface area contributed by atoms with Crippen LogP contribution in [-0.4, -0.2) is 59.3 Å². The molecule has 4 amide bonds. The summed E-state index contributed by atoms with van der Waals surface area (Å²) in [4.78, 5) is 53.2. The van der Waals surface area contributed by atoms with Crippen molar-refractivity contribution in [3.63, 3.8) is 0 Å². The van der Waals surface area contributed by atoms with E-state index in [0.717, 1.165) is 24.2 Å². The molecule has 0 N–H and O–H groups in total. The van der Waals surface area contributed by atoms with E-state index in [4.69, 9.17) is 5.10 Å². The van der Waals surface area contributed by atoms with Crippen LogP contribution in [0.15, 0.2) is 108 Å². The second-order valence-electron chi connectivity index (χ2n) is 10.7. The van der Waals surface area contributed by atoms with Gasteiger partial charge in [0, 0.05) is 43.8 Å². The van der Waals surface area contributed by atoms with Gasteiger partial charge in [-0.2, -0.15) is 5.10 Å². The lowest BCUT2D eigenvalue weighted by molar-refractivity contribution is -0.697. The highest BCUT2D eigenvalue weighted by atomic mass is 16.2. The molecular formula is C35H32N5O4+. The molecule has 3 aromatic carbocycles. The number of fused-ring (bicyclic) bond motifs is 2. The molecule has 3 heterocycles. The summed E-state index contributed by atoms with van der Waals surface area (Å²) in [6.45, 7) is 1.99. The molecule has 0 atom stereocenters. The van der Waals surface area contributed by atoms with Crippen LogP contribution in [0.2, 0.25) is 0 Å². The molecular weight excluding hydrogens is 554 g/mol. The SMILES string of the molecule is O=C1c2ccccc2C(=O)N1CCCC[n+]1ccc(/C=N/N(CCCN2C(=O)c3ccccc3C2=O)c2ccccc2)cc1. The highest BCUT2D eigenvalue weighted by molar-refractivity contribution is 6.22. The van der Waals surface area contributed by atoms with Crippen LogP contribution in [0.4, 0.5) is 5.69 Å². The first kappa shape index (κ1) is 28.7. The lowest BCUT2D eigenvalue weighted by Crippen LogP contribution is -2.34. The Morgan fingerprint density at radius 2 is 1.07 bits per heavy atom. The number of nitrogens with zero attached hydrogens (tertiary/aromatic N) is 5. The van der Waals surface area contributed by atoms with Crippen LogP contribution in [0.1, 0.15) is 66.3 Å². The predicted octanol–water partition coefficient (Wildman–Crippen LogP) is 4.58. The molecule has 9 nitrogen and oxygen atoms in total. The molecule has 2 aliphatic rings. The van der Waals surface area contributed by atoms with Crippen LogP contribution in [0.3, 0.4) is 0 Å². The summed E-state index contributed by atoms with van der Waals surface area (Å²) in [7, 11) is 0. The van der Waals surface area contributed by atoms with Gasteiger partial charge in [-0.05, 0) is 49.2 Å². The van der Waals surface area contributed by atoms with Gasteiger partial charge in [0.05, 0.1) is 34.2 Å². The topological polar surface area (TPSA) is 94.2 Å². The molecule has 0 unspecified atom stereocenters. The molecule has 0 spiro atoms. The Morgan fingerprint density at radius 3 is 1.59 bits per heavy atom. The Morgan fingerprint density at radius 1 is 0.591 bits per heavy atom. The maximum atomic E-state index is 12.7. The maximum absolute atomic E-state index is 12.7. The number of hydrazone groups is 1. The fourth-order valence-electron chi connectivity index (χ4n) is 5.52. The number of imide groups is 2. The predicted molar refractivity (Wildman–Crippen MR) is 165 cm³/mol. The summed E-state index contributed by atoms with van der Waals surface area (Å²) >= 11 is 0. The first-order valence-corrected chi connectivity index (χ1v) is 14.8. The molecule has 44 heavy (non-hydrogen) atoms. The lowest BCUT2D eigenvalue weighted by Gasteiger charge is -2.21. The number of para-hydroxylation sites is 1. The molecule has 2 aliphatic heterocycles. The first-order valence-electron chi connectivity index (χ1n) is 14.8. The van der Waals surface area contributed by atoms with Crippen molar-refractivity contribution < 1.29 is 23.7 Å². The monoisotopic (exact) mass is 586 g/mol. The summed E-state index contributed by atoms with van der Waals surface area (Å²) in [6.07, 6.45) is 7.86. The minimum atomic E-state index is -0.249. The number of carbonyl (C=O) groups is 4. The summed E-state index contributed by atoms with van der Waals surface area (Å²) in [5, 5.41) is 6.60. The first-order chi connectivity index (χ1) is 21.5. The van der Waals surface area contributed by atoms with Crippen LogP contribution in [0, 0.1) is 0 Å². The number of anilines is 1. The zero-order valence-corrected chi connectivity index (χ0v) is 24.2. The number of aromatic nitrogens is 1. The maximum Gasteiger partial charge on any atom is 0.261 e. The van der Waals surface area contributed by atoms with Crippen molar-refractivity contribution in [2.24, 2.45) is 5.10 Å². The van der Waals surface area contributed by atoms with E-state index in [2.05, 4.69) is 4.57 Å². The standard InChI is InChI=1S/C35H32N5O4/c41-32-28-13-4-5-14-29(28)33(42)38(32)20-9-8-19-37-23-17-26(18-24-37)25-36-40(27-11-2-1-3-12-27)22-10-21-39-34(43)30-15-6-7-16-31(30)35(39)44/h1-7,11-18,23-25H,8-10,19-22H2/q+1. The van der Waals surface area contributed by atoms with Crippen molar-refractivity contribution in [2.75, 3.05) is 24.6 Å². The zero-order valence-electron chi connectivity index (χ0n) is 24.2. The van der Waals surface area contributed by atoms with Crippen LogP contribution >= 0.6 is 0 Å². The van der Waals surface area contributed by atoms with Gasteiger partial charge in [-0.25, -0.2) is 4.57 Å². The number of hydrogen-bond acceptors (Lipinski definition) is 6. The van der Waals surface area contributed by atoms with Crippen LogP contribution < -0.4 is 9.58 Å². The average Bonchev–Trinajstić information content (AvgIpc) is 3.46. The smallest absolute Gasteiger partial charge is 0.261 e. The number of carbonyl (C=O) groups excluding carboxylic acids is 4. The number of amides is 4. The number of unbranched alkanes of at least 4 members (excludes halogenated alkanes) is 1. The van der Waals surface area contributed by atoms with Gasteiger partial charge < -0.3 is 0 Å². The second kappa shape index (κ2) is 12.8. The highest BCUT2D eigenvalue weighted by Crippen LogP contribution is 2.24. The van der Waals surface area contributed by atoms with E-state index >= 15 is 0 Å². The van der Waals surface area contributed by atoms with E-state index in [0.29, 0.717) is 54.7 Å². The summed E-state index contributed by atoms with van der Waals surface area (Å²) in [6, 6.07) is 27.6. The molecule has 4 aromatic rings. The van der Waals surface area contributed by atoms with E-state index in [1.807, 2.05) is 59.9 Å². The highest BCUT2D eigenvalue weighted by Gasteiger charge is 2.35. The average molecular weight is 587 g/mol. The van der Waals surface area contributed by atoms with E-state index in [1.165, 1.54) is 9.80 Å². The number of aryl methyl sites for hydroxylation is 1. The molecule has 0 bridgehead atoms. The Balaban J connectivity index is 1.01. The van der Waals surface area contributed by atoms with E-state index in [9.17, 15) is 19.2 Å². The van der Waals surface area contributed by atoms with Crippen LogP contribution in [0.25, 0.3) is 0 Å². The summed E-state index contributed by atoms with van der Waals surface area (Å²) in [5.74, 6) is -0.923. The van der Waals surface area contributed by atoms with Crippen molar-refractivity contribution in [3.05, 3.63) is 131 Å². The molecule has 0 saturated heterocycles. The third-order valence-electron chi connectivity index (χ3n) is 7.87. The number of pyridine rings is 1. The van der Waals surface area contributed by atoms with E-state index < -0.39 is 0 Å². The third kappa shape index (κ3) is 5.89. The van der Waals surface area contributed by atoms with Crippen molar-refractivity contribution in [1.82, 2.24) is 9.80 Å². The molecule has 220 valence electrons. The van der Waals surface area contributed by atoms with Crippen molar-refractivity contribution in [1.29, 1.82) is 0 Å². The van der Waals surface area contributed by atoms with Gasteiger partial charge >= 0.3 is 0 Å². The fourth-order valence-corrected chi connectivity index (χ4v) is 5.52. The lowest BCUT2D eigenvalue weighted by atomic mass is 10.1. The minimum Gasteiger partial charge on any atom is -0.274 e. The normalized spacial score (nSPS) is 14.1. The Bertz CT molecular complexity index is 1670. The van der Waals surface area contributed by atoms with E-state index in [1.54, 1.807) is 54.7 Å². The molecule has 0 fully saturated rings. The van der Waals surface area contributed by atoms with Crippen LogP contribution in [0.5, 0.6) is 0 Å². The number of rotatable bonds is 12. The van der Waals surface area contributed by atoms with Crippen molar-refractivity contribution in [3.8, 4) is 0 Å². The van der Waals surface area contributed by atoms with Gasteiger partial charge in [0.2, 0.25) is 0 Å². The van der Waals surface area contributed by atoms with Gasteiger partial charge in [0.15, 0.2) is 12.4 Å². The van der Waals surface area contributed by atoms with Gasteiger partial charge in [0.1, 0.15) is 6.54 Å². The van der Waals surface area contributed by atoms with Gasteiger partial charge in [-0.3, -0.25) is 34.0 Å². The summed E-state index contributed by atoms with van der Waals surface area (Å²) in [5.41, 5.74) is 3.72. The second-order valence-corrected chi connectivity index (χ2v) is 10.7. The zero-order chi connectivity index (χ0) is 30.5. The largest absolute Gasteiger partial charge is 0.274 e. The molecule has 0 saturated carbocycles. The molecule has 0 radical (unpaired) electrons. The Hall–Kier alpha value is -5.44. The molecule has 0 aliphatic carbocycles. The van der Waals surface area contributed by atoms with Gasteiger partial charge in [-0.15, -0.1) is 0 Å². The molecule has 1 aromatic heterocycles. The fraction of sp³-hybridized carbons (Fsp3) is 0.200. The van der Waals surface area contributed by atoms with Crippen molar-refractivity contribution in [2.45, 2.75) is 25.8 Å². The minimum absolute atomic E-state index is 0.213. The van der Waals surface area contributed by atoms with Crippen molar-refractivity contribution >= 4 is 35.5 Å². The summed E-state index contributed by atoms with van der Waals surface area (Å²) < 4.78 is 2.07. The number of benzene rings is 3. The number of hydrogen-bond donors (Lipinski definition) is 0.